The quantitative estimate of drug-likeness (QED) is 0.889. The fourth-order valence-electron chi connectivity index (χ4n) is 1.23. The van der Waals surface area contributed by atoms with E-state index < -0.39 is 0 Å². The lowest BCUT2D eigenvalue weighted by Crippen LogP contribution is -2.22. The molecule has 0 radical (unpaired) electrons. The highest BCUT2D eigenvalue weighted by atomic mass is 32.1. The van der Waals surface area contributed by atoms with E-state index in [1.54, 1.807) is 12.3 Å². The number of carbonyl (C=O) groups is 1. The molecule has 16 heavy (non-hydrogen) atoms. The number of hydrogen-bond acceptors (Lipinski definition) is 4. The van der Waals surface area contributed by atoms with E-state index in [0.717, 1.165) is 16.3 Å². The van der Waals surface area contributed by atoms with Crippen LogP contribution in [-0.4, -0.2) is 10.9 Å². The molecule has 5 heteroatoms. The van der Waals surface area contributed by atoms with Gasteiger partial charge in [0.05, 0.1) is 18.5 Å². The summed E-state index contributed by atoms with van der Waals surface area (Å²) >= 11 is 1.41. The smallest absolute Gasteiger partial charge is 0.280 e. The van der Waals surface area contributed by atoms with Gasteiger partial charge in [-0.05, 0) is 26.0 Å². The summed E-state index contributed by atoms with van der Waals surface area (Å²) in [6, 6.07) is 3.61. The summed E-state index contributed by atoms with van der Waals surface area (Å²) in [6.07, 6.45) is 1.58. The van der Waals surface area contributed by atoms with Crippen LogP contribution in [0, 0.1) is 13.8 Å². The van der Waals surface area contributed by atoms with Gasteiger partial charge in [-0.1, -0.05) is 0 Å². The molecule has 84 valence electrons. The van der Waals surface area contributed by atoms with Crippen molar-refractivity contribution < 1.29 is 9.21 Å². The Hall–Kier alpha value is -1.62. The van der Waals surface area contributed by atoms with Gasteiger partial charge in [-0.2, -0.15) is 0 Å². The van der Waals surface area contributed by atoms with Crippen LogP contribution in [0.2, 0.25) is 0 Å². The molecule has 1 N–H and O–H groups in total. The Labute approximate surface area is 97.3 Å². The normalized spacial score (nSPS) is 10.4. The number of nitrogens with zero attached hydrogens (tertiary/aromatic N) is 1. The Morgan fingerprint density at radius 1 is 1.56 bits per heavy atom. The number of hydrogen-bond donors (Lipinski definition) is 1. The van der Waals surface area contributed by atoms with Gasteiger partial charge >= 0.3 is 0 Å². The van der Waals surface area contributed by atoms with E-state index in [-0.39, 0.29) is 5.91 Å². The largest absolute Gasteiger partial charge is 0.467 e. The number of nitrogens with one attached hydrogen (secondary N) is 1. The maximum atomic E-state index is 11.7. The second kappa shape index (κ2) is 4.49. The molecule has 0 unspecified atom stereocenters. The van der Waals surface area contributed by atoms with Crippen molar-refractivity contribution in [2.24, 2.45) is 0 Å². The van der Waals surface area contributed by atoms with Crippen molar-refractivity contribution >= 4 is 17.2 Å². The Bertz CT molecular complexity index is 469. The summed E-state index contributed by atoms with van der Waals surface area (Å²) in [4.78, 5) is 17.0. The maximum absolute atomic E-state index is 11.7. The molecular weight excluding hydrogens is 224 g/mol. The van der Waals surface area contributed by atoms with E-state index in [0.29, 0.717) is 11.6 Å². The zero-order chi connectivity index (χ0) is 11.5. The fourth-order valence-corrected chi connectivity index (χ4v) is 2.06. The molecule has 0 fully saturated rings. The van der Waals surface area contributed by atoms with E-state index >= 15 is 0 Å². The number of furan rings is 1. The zero-order valence-corrected chi connectivity index (χ0v) is 9.93. The standard InChI is InChI=1S/C11H12N2O2S/c1-7-8(2)16-11(13-7)10(14)12-6-9-4-3-5-15-9/h3-5H,6H2,1-2H3,(H,12,14). The summed E-state index contributed by atoms with van der Waals surface area (Å²) in [5, 5.41) is 3.26. The van der Waals surface area contributed by atoms with E-state index in [2.05, 4.69) is 10.3 Å². The summed E-state index contributed by atoms with van der Waals surface area (Å²) < 4.78 is 5.12. The van der Waals surface area contributed by atoms with Crippen LogP contribution in [0.4, 0.5) is 0 Å². The first-order valence-electron chi connectivity index (χ1n) is 4.91. The van der Waals surface area contributed by atoms with Crippen molar-refractivity contribution in [2.45, 2.75) is 20.4 Å². The van der Waals surface area contributed by atoms with Crippen LogP contribution in [0.1, 0.15) is 26.1 Å². The molecule has 0 aromatic carbocycles. The van der Waals surface area contributed by atoms with Gasteiger partial charge in [0.1, 0.15) is 5.76 Å². The Kier molecular flexibility index (Phi) is 3.05. The molecular formula is C11H12N2O2S. The first kappa shape index (κ1) is 10.9. The van der Waals surface area contributed by atoms with E-state index in [1.807, 2.05) is 19.9 Å². The maximum Gasteiger partial charge on any atom is 0.280 e. The first-order chi connectivity index (χ1) is 7.66. The van der Waals surface area contributed by atoms with Gasteiger partial charge in [-0.25, -0.2) is 4.98 Å². The van der Waals surface area contributed by atoms with Crippen LogP contribution in [0.5, 0.6) is 0 Å². The lowest BCUT2D eigenvalue weighted by atomic mass is 10.4. The van der Waals surface area contributed by atoms with Gasteiger partial charge in [-0.3, -0.25) is 4.79 Å². The molecule has 0 saturated heterocycles. The lowest BCUT2D eigenvalue weighted by molar-refractivity contribution is 0.0947. The molecule has 2 heterocycles. The average Bonchev–Trinajstić information content (AvgIpc) is 2.86. The minimum Gasteiger partial charge on any atom is -0.467 e. The summed E-state index contributed by atoms with van der Waals surface area (Å²) in [5.41, 5.74) is 0.910. The highest BCUT2D eigenvalue weighted by Gasteiger charge is 2.12. The van der Waals surface area contributed by atoms with Gasteiger partial charge in [0.2, 0.25) is 0 Å². The molecule has 0 aliphatic rings. The van der Waals surface area contributed by atoms with Crippen LogP contribution in [-0.2, 0) is 6.54 Å². The Morgan fingerprint density at radius 2 is 2.38 bits per heavy atom. The van der Waals surface area contributed by atoms with Crippen LogP contribution >= 0.6 is 11.3 Å². The van der Waals surface area contributed by atoms with Crippen molar-refractivity contribution in [3.63, 3.8) is 0 Å². The number of amides is 1. The molecule has 0 aliphatic heterocycles. The van der Waals surface area contributed by atoms with E-state index in [1.165, 1.54) is 11.3 Å². The molecule has 2 rings (SSSR count). The highest BCUT2D eigenvalue weighted by Crippen LogP contribution is 2.16. The number of thiazole rings is 1. The van der Waals surface area contributed by atoms with Crippen LogP contribution in [0.25, 0.3) is 0 Å². The van der Waals surface area contributed by atoms with Crippen molar-refractivity contribution in [1.29, 1.82) is 0 Å². The summed E-state index contributed by atoms with van der Waals surface area (Å²) in [6.45, 7) is 4.24. The van der Waals surface area contributed by atoms with Crippen molar-refractivity contribution in [2.75, 3.05) is 0 Å². The molecule has 0 saturated carbocycles. The molecule has 1 amide bonds. The Balaban J connectivity index is 1.98. The van der Waals surface area contributed by atoms with Crippen LogP contribution in [0.15, 0.2) is 22.8 Å². The minimum absolute atomic E-state index is 0.155. The Morgan fingerprint density at radius 3 is 2.94 bits per heavy atom. The van der Waals surface area contributed by atoms with Crippen LogP contribution < -0.4 is 5.32 Å². The van der Waals surface area contributed by atoms with Crippen LogP contribution in [0.3, 0.4) is 0 Å². The minimum atomic E-state index is -0.155. The molecule has 0 bridgehead atoms. The first-order valence-corrected chi connectivity index (χ1v) is 5.73. The number of carbonyl (C=O) groups excluding carboxylic acids is 1. The zero-order valence-electron chi connectivity index (χ0n) is 9.11. The third-order valence-corrected chi connectivity index (χ3v) is 3.30. The molecule has 0 aliphatic carbocycles. The number of aryl methyl sites for hydroxylation is 2. The predicted molar refractivity (Wildman–Crippen MR) is 61.5 cm³/mol. The van der Waals surface area contributed by atoms with Crippen molar-refractivity contribution in [3.05, 3.63) is 39.7 Å². The lowest BCUT2D eigenvalue weighted by Gasteiger charge is -1.99. The topological polar surface area (TPSA) is 55.1 Å². The monoisotopic (exact) mass is 236 g/mol. The van der Waals surface area contributed by atoms with E-state index in [9.17, 15) is 4.79 Å². The second-order valence-electron chi connectivity index (χ2n) is 3.42. The summed E-state index contributed by atoms with van der Waals surface area (Å²) in [5.74, 6) is 0.580. The SMILES string of the molecule is Cc1nc(C(=O)NCc2ccco2)sc1C. The summed E-state index contributed by atoms with van der Waals surface area (Å²) in [7, 11) is 0. The predicted octanol–water partition coefficient (Wildman–Crippen LogP) is 2.28. The van der Waals surface area contributed by atoms with E-state index in [4.69, 9.17) is 4.42 Å². The third kappa shape index (κ3) is 2.30. The van der Waals surface area contributed by atoms with Gasteiger partial charge in [0.25, 0.3) is 5.91 Å². The molecule has 0 atom stereocenters. The molecule has 2 aromatic rings. The molecule has 4 nitrogen and oxygen atoms in total. The van der Waals surface area contributed by atoms with Gasteiger partial charge in [0, 0.05) is 4.88 Å². The average molecular weight is 236 g/mol. The second-order valence-corrected chi connectivity index (χ2v) is 4.63. The van der Waals surface area contributed by atoms with Gasteiger partial charge in [-0.15, -0.1) is 11.3 Å². The number of aromatic nitrogens is 1. The number of rotatable bonds is 3. The third-order valence-electron chi connectivity index (χ3n) is 2.23. The highest BCUT2D eigenvalue weighted by molar-refractivity contribution is 7.13. The molecule has 0 spiro atoms. The van der Waals surface area contributed by atoms with Crippen molar-refractivity contribution in [1.82, 2.24) is 10.3 Å². The van der Waals surface area contributed by atoms with Crippen molar-refractivity contribution in [3.8, 4) is 0 Å². The van der Waals surface area contributed by atoms with Gasteiger partial charge < -0.3 is 9.73 Å². The fraction of sp³-hybridized carbons (Fsp3) is 0.273. The molecule has 2 aromatic heterocycles. The van der Waals surface area contributed by atoms with Gasteiger partial charge in [0.15, 0.2) is 5.01 Å².